The van der Waals surface area contributed by atoms with Crippen molar-refractivity contribution < 1.29 is 20.1 Å². The Morgan fingerprint density at radius 1 is 1.27 bits per heavy atom. The standard InChI is InChI=1S/C22H32O4/c1-12(11-23)16-10-18(26)20-19-15(5-7-22(16,20)3)21(2)6-4-14(24)8-13(21)9-17(19)25/h4,6,8,12,15-20,23,25-26H,5,7,9-11H2,1-3H3/t12-,15+,16-,17+,18-,19+,20+,21+,22-/m1/s1. The number of fused-ring (bicyclic) bond motifs is 5. The highest BCUT2D eigenvalue weighted by molar-refractivity contribution is 6.01. The molecule has 3 fully saturated rings. The van der Waals surface area contributed by atoms with Crippen LogP contribution >= 0.6 is 0 Å². The lowest BCUT2D eigenvalue weighted by Gasteiger charge is -2.59. The summed E-state index contributed by atoms with van der Waals surface area (Å²) >= 11 is 0. The summed E-state index contributed by atoms with van der Waals surface area (Å²) in [4.78, 5) is 11.9. The number of carbonyl (C=O) groups is 1. The number of rotatable bonds is 2. The Labute approximate surface area is 156 Å². The molecule has 4 aliphatic rings. The molecule has 3 N–H and O–H groups in total. The Bertz CT molecular complexity index is 667. The molecule has 0 heterocycles. The van der Waals surface area contributed by atoms with Crippen LogP contribution in [0.4, 0.5) is 0 Å². The fraction of sp³-hybridized carbons (Fsp3) is 0.773. The van der Waals surface area contributed by atoms with Crippen LogP contribution in [0.2, 0.25) is 0 Å². The van der Waals surface area contributed by atoms with Crippen LogP contribution < -0.4 is 0 Å². The molecule has 0 radical (unpaired) electrons. The lowest BCUT2D eigenvalue weighted by molar-refractivity contribution is -0.124. The van der Waals surface area contributed by atoms with Gasteiger partial charge in [0.15, 0.2) is 5.78 Å². The molecule has 9 atom stereocenters. The molecule has 0 bridgehead atoms. The van der Waals surface area contributed by atoms with E-state index in [0.29, 0.717) is 12.8 Å². The van der Waals surface area contributed by atoms with Crippen LogP contribution in [0, 0.1) is 40.4 Å². The quantitative estimate of drug-likeness (QED) is 0.707. The van der Waals surface area contributed by atoms with Crippen molar-refractivity contribution in [2.75, 3.05) is 6.61 Å². The molecule has 0 saturated heterocycles. The molecule has 0 aromatic rings. The summed E-state index contributed by atoms with van der Waals surface area (Å²) in [6.07, 6.45) is 7.73. The minimum Gasteiger partial charge on any atom is -0.396 e. The van der Waals surface area contributed by atoms with Crippen molar-refractivity contribution >= 4 is 5.78 Å². The molecule has 0 spiro atoms. The highest BCUT2D eigenvalue weighted by Gasteiger charge is 2.63. The normalized spacial score (nSPS) is 51.3. The van der Waals surface area contributed by atoms with Crippen molar-refractivity contribution in [1.29, 1.82) is 0 Å². The zero-order valence-electron chi connectivity index (χ0n) is 16.1. The van der Waals surface area contributed by atoms with Crippen molar-refractivity contribution in [3.8, 4) is 0 Å². The monoisotopic (exact) mass is 360 g/mol. The van der Waals surface area contributed by atoms with E-state index in [-0.39, 0.29) is 52.8 Å². The minimum absolute atomic E-state index is 0.0153. The average molecular weight is 360 g/mol. The molecule has 0 amide bonds. The predicted octanol–water partition coefficient (Wildman–Crippen LogP) is 2.48. The van der Waals surface area contributed by atoms with Crippen molar-refractivity contribution in [2.24, 2.45) is 40.4 Å². The molecule has 4 heteroatoms. The van der Waals surface area contributed by atoms with Crippen LogP contribution in [0.25, 0.3) is 0 Å². The maximum absolute atomic E-state index is 11.9. The largest absolute Gasteiger partial charge is 0.396 e. The van der Waals surface area contributed by atoms with Gasteiger partial charge in [-0.05, 0) is 72.8 Å². The molecular weight excluding hydrogens is 328 g/mol. The second-order valence-corrected chi connectivity index (χ2v) is 9.78. The van der Waals surface area contributed by atoms with Gasteiger partial charge in [-0.2, -0.15) is 0 Å². The first-order valence-electron chi connectivity index (χ1n) is 10.1. The smallest absolute Gasteiger partial charge is 0.178 e. The first kappa shape index (κ1) is 18.4. The van der Waals surface area contributed by atoms with Gasteiger partial charge in [0.2, 0.25) is 0 Å². The van der Waals surface area contributed by atoms with Crippen LogP contribution in [-0.2, 0) is 4.79 Å². The molecule has 0 aromatic heterocycles. The first-order chi connectivity index (χ1) is 12.2. The van der Waals surface area contributed by atoms with Crippen LogP contribution in [0.15, 0.2) is 23.8 Å². The van der Waals surface area contributed by atoms with Gasteiger partial charge in [0.1, 0.15) is 0 Å². The Kier molecular flexibility index (Phi) is 4.26. The molecule has 4 rings (SSSR count). The second-order valence-electron chi connectivity index (χ2n) is 9.78. The second kappa shape index (κ2) is 6.02. The van der Waals surface area contributed by atoms with Crippen LogP contribution in [-0.4, -0.2) is 39.9 Å². The van der Waals surface area contributed by atoms with E-state index >= 15 is 0 Å². The summed E-state index contributed by atoms with van der Waals surface area (Å²) in [6.45, 7) is 6.68. The number of ketones is 1. The predicted molar refractivity (Wildman–Crippen MR) is 99.1 cm³/mol. The SMILES string of the molecule is C[C@H](CO)[C@H]1C[C@@H](O)[C@H]2[C@@H]3[C@@H](O)CC4=CC(=O)C=C[C@]4(C)[C@H]3CC[C@@]21C. The molecule has 26 heavy (non-hydrogen) atoms. The number of allylic oxidation sites excluding steroid dienone is 3. The van der Waals surface area contributed by atoms with E-state index < -0.39 is 12.2 Å². The fourth-order valence-corrected chi connectivity index (χ4v) is 7.28. The third-order valence-electron chi connectivity index (χ3n) is 8.61. The topological polar surface area (TPSA) is 77.8 Å². The molecule has 0 aromatic carbocycles. The van der Waals surface area contributed by atoms with Crippen molar-refractivity contribution in [2.45, 2.75) is 58.7 Å². The third-order valence-corrected chi connectivity index (χ3v) is 8.61. The number of hydrogen-bond donors (Lipinski definition) is 3. The summed E-state index contributed by atoms with van der Waals surface area (Å²) in [5.41, 5.74) is 0.810. The van der Waals surface area contributed by atoms with Crippen molar-refractivity contribution in [1.82, 2.24) is 0 Å². The van der Waals surface area contributed by atoms with E-state index in [9.17, 15) is 20.1 Å². The Morgan fingerprint density at radius 3 is 2.69 bits per heavy atom. The Morgan fingerprint density at radius 2 is 2.00 bits per heavy atom. The van der Waals surface area contributed by atoms with E-state index in [1.165, 1.54) is 0 Å². The zero-order chi connectivity index (χ0) is 18.9. The maximum atomic E-state index is 11.9. The molecule has 0 aliphatic heterocycles. The van der Waals surface area contributed by atoms with Gasteiger partial charge in [-0.3, -0.25) is 4.79 Å². The fourth-order valence-electron chi connectivity index (χ4n) is 7.28. The van der Waals surface area contributed by atoms with E-state index in [1.54, 1.807) is 12.2 Å². The van der Waals surface area contributed by atoms with E-state index in [1.807, 2.05) is 6.08 Å². The van der Waals surface area contributed by atoms with E-state index in [0.717, 1.165) is 18.4 Å². The van der Waals surface area contributed by atoms with Crippen LogP contribution in [0.3, 0.4) is 0 Å². The van der Waals surface area contributed by atoms with Crippen LogP contribution in [0.5, 0.6) is 0 Å². The lowest BCUT2D eigenvalue weighted by Crippen LogP contribution is -2.56. The van der Waals surface area contributed by atoms with Gasteiger partial charge in [-0.15, -0.1) is 0 Å². The number of hydrogen-bond acceptors (Lipinski definition) is 4. The summed E-state index contributed by atoms with van der Waals surface area (Å²) in [7, 11) is 0. The van der Waals surface area contributed by atoms with E-state index in [4.69, 9.17) is 0 Å². The molecular formula is C22H32O4. The molecule has 0 unspecified atom stereocenters. The Hall–Kier alpha value is -0.970. The van der Waals surface area contributed by atoms with Gasteiger partial charge in [0.05, 0.1) is 12.2 Å². The number of carbonyl (C=O) groups excluding carboxylic acids is 1. The number of aliphatic hydroxyl groups excluding tert-OH is 3. The van der Waals surface area contributed by atoms with Gasteiger partial charge in [0, 0.05) is 12.0 Å². The zero-order valence-corrected chi connectivity index (χ0v) is 16.1. The summed E-state index contributed by atoms with van der Waals surface area (Å²) < 4.78 is 0. The third kappa shape index (κ3) is 2.35. The minimum atomic E-state index is -0.513. The van der Waals surface area contributed by atoms with Gasteiger partial charge in [-0.25, -0.2) is 0 Å². The Balaban J connectivity index is 1.73. The van der Waals surface area contributed by atoms with Gasteiger partial charge >= 0.3 is 0 Å². The molecule has 4 aliphatic carbocycles. The maximum Gasteiger partial charge on any atom is 0.178 e. The van der Waals surface area contributed by atoms with Gasteiger partial charge in [0.25, 0.3) is 0 Å². The molecule has 144 valence electrons. The molecule has 3 saturated carbocycles. The summed E-state index contributed by atoms with van der Waals surface area (Å²) in [6, 6.07) is 0. The summed E-state index contributed by atoms with van der Waals surface area (Å²) in [5, 5.41) is 31.8. The van der Waals surface area contributed by atoms with Crippen LogP contribution in [0.1, 0.15) is 46.5 Å². The van der Waals surface area contributed by atoms with Crippen molar-refractivity contribution in [3.63, 3.8) is 0 Å². The van der Waals surface area contributed by atoms with Gasteiger partial charge < -0.3 is 15.3 Å². The lowest BCUT2D eigenvalue weighted by atomic mass is 9.46. The van der Waals surface area contributed by atoms with Gasteiger partial charge in [-0.1, -0.05) is 32.4 Å². The average Bonchev–Trinajstić information content (AvgIpc) is 2.87. The highest BCUT2D eigenvalue weighted by atomic mass is 16.3. The molecule has 4 nitrogen and oxygen atoms in total. The van der Waals surface area contributed by atoms with Crippen molar-refractivity contribution in [3.05, 3.63) is 23.8 Å². The summed E-state index contributed by atoms with van der Waals surface area (Å²) in [5.74, 6) is 0.808. The highest BCUT2D eigenvalue weighted by Crippen LogP contribution is 2.66. The number of aliphatic hydroxyl groups is 3. The first-order valence-corrected chi connectivity index (χ1v) is 10.1. The van der Waals surface area contributed by atoms with E-state index in [2.05, 4.69) is 20.8 Å².